The van der Waals surface area contributed by atoms with E-state index in [4.69, 9.17) is 4.74 Å². The number of hydrogen-bond donors (Lipinski definition) is 1. The molecule has 0 aromatic carbocycles. The number of hydrogen-bond acceptors (Lipinski definition) is 7. The number of likely N-dealkylation sites (N-methyl/N-ethyl adjacent to an activating group) is 1. The van der Waals surface area contributed by atoms with Crippen LogP contribution in [0, 0.1) is 5.92 Å². The largest absolute Gasteiger partial charge is 0.493 e. The zero-order chi connectivity index (χ0) is 19.3. The summed E-state index contributed by atoms with van der Waals surface area (Å²) in [6, 6.07) is 2.87. The number of anilines is 2. The molecule has 1 aliphatic heterocycles. The van der Waals surface area contributed by atoms with Crippen molar-refractivity contribution in [2.75, 3.05) is 50.4 Å². The summed E-state index contributed by atoms with van der Waals surface area (Å²) in [7, 11) is 3.34. The minimum absolute atomic E-state index is 0.205. The van der Waals surface area contributed by atoms with E-state index in [9.17, 15) is 22.8 Å². The summed E-state index contributed by atoms with van der Waals surface area (Å²) in [5, 5.41) is 3.13. The van der Waals surface area contributed by atoms with Crippen molar-refractivity contribution in [3.63, 3.8) is 0 Å². The number of pyridine rings is 1. The summed E-state index contributed by atoms with van der Waals surface area (Å²) in [6.07, 6.45) is -3.86. The van der Waals surface area contributed by atoms with E-state index in [0.29, 0.717) is 23.9 Å². The lowest BCUT2D eigenvalue weighted by Gasteiger charge is -2.30. The molecule has 0 atom stereocenters. The molecule has 0 saturated carbocycles. The number of nitrogens with zero attached hydrogens (tertiary/aromatic N) is 3. The van der Waals surface area contributed by atoms with Gasteiger partial charge in [0.15, 0.2) is 5.82 Å². The van der Waals surface area contributed by atoms with E-state index in [-0.39, 0.29) is 18.9 Å². The van der Waals surface area contributed by atoms with Gasteiger partial charge in [-0.15, -0.1) is 5.06 Å². The van der Waals surface area contributed by atoms with E-state index in [0.717, 1.165) is 0 Å². The number of rotatable bonds is 6. The number of amides is 1. The number of ether oxygens (including phenoxy) is 1. The molecule has 0 radical (unpaired) electrons. The Kier molecular flexibility index (Phi) is 6.37. The molecule has 1 aromatic rings. The Hall–Kier alpha value is -2.40. The highest BCUT2D eigenvalue weighted by atomic mass is 19.4. The lowest BCUT2D eigenvalue weighted by atomic mass is 10.0. The Morgan fingerprint density at radius 2 is 2.04 bits per heavy atom. The van der Waals surface area contributed by atoms with Crippen LogP contribution in [0.5, 0.6) is 0 Å². The van der Waals surface area contributed by atoms with Crippen LogP contribution in [-0.4, -0.2) is 63.4 Å². The summed E-state index contributed by atoms with van der Waals surface area (Å²) in [6.45, 7) is 1.62. The fraction of sp³-hybridized carbons (Fsp3) is 0.533. The first-order valence-electron chi connectivity index (χ1n) is 7.74. The number of halogens is 3. The van der Waals surface area contributed by atoms with E-state index < -0.39 is 24.0 Å². The molecule has 0 bridgehead atoms. The SMILES string of the molecule is COCCN(C)c1ccc(N(OC(=O)C(F)(F)F)C(=O)C2CNC2)nc1. The molecule has 2 rings (SSSR count). The maximum absolute atomic E-state index is 12.5. The number of hydroxylamine groups is 1. The highest BCUT2D eigenvalue weighted by Gasteiger charge is 2.45. The number of carbonyl (C=O) groups excluding carboxylic acids is 2. The van der Waals surface area contributed by atoms with Crippen molar-refractivity contribution >= 4 is 23.4 Å². The molecule has 0 aliphatic carbocycles. The molecular formula is C15H19F3N4O4. The van der Waals surface area contributed by atoms with E-state index in [1.165, 1.54) is 12.3 Å². The predicted molar refractivity (Wildman–Crippen MR) is 85.4 cm³/mol. The highest BCUT2D eigenvalue weighted by molar-refractivity contribution is 5.95. The third kappa shape index (κ3) is 4.82. The van der Waals surface area contributed by atoms with Gasteiger partial charge in [-0.05, 0) is 12.1 Å². The molecule has 144 valence electrons. The number of methoxy groups -OCH3 is 1. The van der Waals surface area contributed by atoms with E-state index >= 15 is 0 Å². The van der Waals surface area contributed by atoms with Crippen molar-refractivity contribution in [2.24, 2.45) is 5.92 Å². The second-order valence-electron chi connectivity index (χ2n) is 5.65. The first kappa shape index (κ1) is 19.9. The van der Waals surface area contributed by atoms with Gasteiger partial charge >= 0.3 is 12.1 Å². The monoisotopic (exact) mass is 376 g/mol. The fourth-order valence-corrected chi connectivity index (χ4v) is 2.05. The third-order valence-corrected chi connectivity index (χ3v) is 3.75. The fourth-order valence-electron chi connectivity index (χ4n) is 2.05. The third-order valence-electron chi connectivity index (χ3n) is 3.75. The van der Waals surface area contributed by atoms with E-state index in [2.05, 4.69) is 15.1 Å². The van der Waals surface area contributed by atoms with Crippen LogP contribution in [-0.2, 0) is 19.2 Å². The van der Waals surface area contributed by atoms with Gasteiger partial charge in [0, 0.05) is 33.8 Å². The molecule has 1 aliphatic rings. The molecule has 0 spiro atoms. The summed E-state index contributed by atoms with van der Waals surface area (Å²) in [5.41, 5.74) is 0.658. The smallest absolute Gasteiger partial charge is 0.383 e. The highest BCUT2D eigenvalue weighted by Crippen LogP contribution is 2.23. The van der Waals surface area contributed by atoms with Crippen molar-refractivity contribution < 1.29 is 32.3 Å². The summed E-state index contributed by atoms with van der Waals surface area (Å²) < 4.78 is 42.5. The molecule has 1 amide bonds. The summed E-state index contributed by atoms with van der Waals surface area (Å²) in [5.74, 6) is -4.04. The van der Waals surface area contributed by atoms with Crippen LogP contribution in [0.25, 0.3) is 0 Å². The molecule has 2 heterocycles. The standard InChI is InChI=1S/C15H19F3N4O4/c1-21(5-6-25-2)11-3-4-12(20-9-11)22(13(23)10-7-19-8-10)26-14(24)15(16,17)18/h3-4,9-10,19H,5-8H2,1-2H3. The minimum Gasteiger partial charge on any atom is -0.383 e. The molecule has 11 heteroatoms. The van der Waals surface area contributed by atoms with Crippen molar-refractivity contribution in [3.05, 3.63) is 18.3 Å². The van der Waals surface area contributed by atoms with Crippen LogP contribution < -0.4 is 15.3 Å². The van der Waals surface area contributed by atoms with Crippen LogP contribution in [0.3, 0.4) is 0 Å². The predicted octanol–water partition coefficient (Wildman–Crippen LogP) is 0.737. The quantitative estimate of drug-likeness (QED) is 0.733. The van der Waals surface area contributed by atoms with Crippen molar-refractivity contribution in [1.82, 2.24) is 10.3 Å². The maximum Gasteiger partial charge on any atom is 0.493 e. The summed E-state index contributed by atoms with van der Waals surface area (Å²) >= 11 is 0. The topological polar surface area (TPSA) is 84.0 Å². The van der Waals surface area contributed by atoms with Crippen LogP contribution >= 0.6 is 0 Å². The number of alkyl halides is 3. The molecule has 26 heavy (non-hydrogen) atoms. The average Bonchev–Trinajstić information content (AvgIpc) is 2.55. The first-order valence-corrected chi connectivity index (χ1v) is 7.74. The Bertz CT molecular complexity index is 635. The number of aromatic nitrogens is 1. The van der Waals surface area contributed by atoms with Crippen LogP contribution in [0.1, 0.15) is 0 Å². The molecule has 8 nitrogen and oxygen atoms in total. The lowest BCUT2D eigenvalue weighted by Crippen LogP contribution is -2.53. The van der Waals surface area contributed by atoms with Crippen molar-refractivity contribution in [2.45, 2.75) is 6.18 Å². The maximum atomic E-state index is 12.5. The van der Waals surface area contributed by atoms with Gasteiger partial charge in [0.25, 0.3) is 5.91 Å². The van der Waals surface area contributed by atoms with Gasteiger partial charge in [0.2, 0.25) is 0 Å². The van der Waals surface area contributed by atoms with Gasteiger partial charge in [-0.25, -0.2) is 9.78 Å². The van der Waals surface area contributed by atoms with Gasteiger partial charge in [0.05, 0.1) is 24.4 Å². The molecular weight excluding hydrogens is 357 g/mol. The van der Waals surface area contributed by atoms with Gasteiger partial charge in [0.1, 0.15) is 0 Å². The normalized spacial score (nSPS) is 14.5. The Labute approximate surface area is 147 Å². The molecule has 1 aromatic heterocycles. The Balaban J connectivity index is 2.18. The Morgan fingerprint density at radius 3 is 2.50 bits per heavy atom. The summed E-state index contributed by atoms with van der Waals surface area (Å²) in [4.78, 5) is 33.5. The van der Waals surface area contributed by atoms with E-state index in [1.807, 2.05) is 4.90 Å². The zero-order valence-electron chi connectivity index (χ0n) is 14.2. The van der Waals surface area contributed by atoms with Crippen molar-refractivity contribution in [3.8, 4) is 0 Å². The first-order chi connectivity index (χ1) is 12.2. The Morgan fingerprint density at radius 1 is 1.35 bits per heavy atom. The second kappa shape index (κ2) is 8.32. The van der Waals surface area contributed by atoms with Crippen LogP contribution in [0.2, 0.25) is 0 Å². The van der Waals surface area contributed by atoms with Crippen molar-refractivity contribution in [1.29, 1.82) is 0 Å². The van der Waals surface area contributed by atoms with Gasteiger partial charge in [-0.2, -0.15) is 13.2 Å². The molecule has 1 fully saturated rings. The van der Waals surface area contributed by atoms with E-state index in [1.54, 1.807) is 20.2 Å². The minimum atomic E-state index is -5.23. The molecule has 0 unspecified atom stereocenters. The van der Waals surface area contributed by atoms with Gasteiger partial charge < -0.3 is 19.8 Å². The van der Waals surface area contributed by atoms with Gasteiger partial charge in [-0.1, -0.05) is 0 Å². The molecule has 1 N–H and O–H groups in total. The average molecular weight is 376 g/mol. The molecule has 1 saturated heterocycles. The van der Waals surface area contributed by atoms with Gasteiger partial charge in [-0.3, -0.25) is 4.79 Å². The van der Waals surface area contributed by atoms with Crippen LogP contribution in [0.4, 0.5) is 24.7 Å². The number of nitrogens with one attached hydrogen (secondary N) is 1. The van der Waals surface area contributed by atoms with Crippen LogP contribution in [0.15, 0.2) is 18.3 Å². The lowest BCUT2D eigenvalue weighted by molar-refractivity contribution is -0.202. The second-order valence-corrected chi connectivity index (χ2v) is 5.65. The number of carbonyl (C=O) groups is 2. The zero-order valence-corrected chi connectivity index (χ0v) is 14.2.